The van der Waals surface area contributed by atoms with Gasteiger partial charge in [0.25, 0.3) is 11.1 Å². The van der Waals surface area contributed by atoms with Crippen LogP contribution in [0.3, 0.4) is 0 Å². The van der Waals surface area contributed by atoms with Gasteiger partial charge in [-0.25, -0.2) is 0 Å². The maximum atomic E-state index is 12.6. The van der Waals surface area contributed by atoms with Gasteiger partial charge in [-0.15, -0.1) is 0 Å². The number of hydrogen-bond donors (Lipinski definition) is 0. The van der Waals surface area contributed by atoms with Crippen LogP contribution >= 0.6 is 11.8 Å². The number of carbonyl (C=O) groups excluding carboxylic acids is 3. The van der Waals surface area contributed by atoms with Crippen LogP contribution in [0.1, 0.15) is 51.2 Å². The lowest BCUT2D eigenvalue weighted by Gasteiger charge is -2.45. The fourth-order valence-electron chi connectivity index (χ4n) is 3.81. The zero-order valence-electron chi connectivity index (χ0n) is 16.9. The average Bonchev–Trinajstić information content (AvgIpc) is 2.87. The molecule has 2 aliphatic heterocycles. The highest BCUT2D eigenvalue weighted by atomic mass is 32.2. The van der Waals surface area contributed by atoms with Gasteiger partial charge in [0, 0.05) is 18.3 Å². The second-order valence-electron chi connectivity index (χ2n) is 7.87. The van der Waals surface area contributed by atoms with E-state index in [-0.39, 0.29) is 18.7 Å². The Bertz CT molecular complexity index is 862. The molecule has 7 heteroatoms. The first kappa shape index (κ1) is 20.5. The molecular formula is C21H26N2O4S. The highest BCUT2D eigenvalue weighted by Gasteiger charge is 2.37. The predicted octanol–water partition coefficient (Wildman–Crippen LogP) is 4.01. The van der Waals surface area contributed by atoms with E-state index < -0.39 is 17.1 Å². The molecule has 0 aliphatic carbocycles. The quantitative estimate of drug-likeness (QED) is 0.560. The van der Waals surface area contributed by atoms with Crippen LogP contribution in [0.5, 0.6) is 0 Å². The number of thioether (sulfide) groups is 1. The minimum Gasteiger partial charge on any atom is -0.465 e. The number of esters is 1. The minimum atomic E-state index is -0.584. The van der Waals surface area contributed by atoms with Gasteiger partial charge in [0.15, 0.2) is 0 Å². The van der Waals surface area contributed by atoms with Crippen molar-refractivity contribution in [2.45, 2.75) is 45.6 Å². The molecule has 1 aromatic rings. The summed E-state index contributed by atoms with van der Waals surface area (Å²) in [5, 5.41) is -0.447. The van der Waals surface area contributed by atoms with E-state index in [0.29, 0.717) is 10.8 Å². The second-order valence-corrected chi connectivity index (χ2v) is 8.86. The summed E-state index contributed by atoms with van der Waals surface area (Å²) in [7, 11) is 2.10. The molecule has 1 fully saturated rings. The number of benzene rings is 1. The molecule has 0 aromatic heterocycles. The van der Waals surface area contributed by atoms with Gasteiger partial charge in [-0.05, 0) is 74.2 Å². The third-order valence-corrected chi connectivity index (χ3v) is 6.33. The molecule has 0 N–H and O–H groups in total. The van der Waals surface area contributed by atoms with Gasteiger partial charge in [-0.1, -0.05) is 13.0 Å². The summed E-state index contributed by atoms with van der Waals surface area (Å²) in [5.41, 5.74) is 3.39. The van der Waals surface area contributed by atoms with E-state index in [1.807, 2.05) is 6.07 Å². The van der Waals surface area contributed by atoms with Crippen molar-refractivity contribution in [1.82, 2.24) is 4.90 Å². The van der Waals surface area contributed by atoms with Crippen molar-refractivity contribution in [3.05, 3.63) is 34.2 Å². The van der Waals surface area contributed by atoms with Crippen molar-refractivity contribution in [1.29, 1.82) is 0 Å². The molecule has 0 spiro atoms. The van der Waals surface area contributed by atoms with Crippen LogP contribution in [0, 0.1) is 0 Å². The number of amides is 2. The first-order valence-corrected chi connectivity index (χ1v) is 10.2. The number of carbonyl (C=O) groups is 3. The summed E-state index contributed by atoms with van der Waals surface area (Å²) in [4.78, 5) is 39.9. The van der Waals surface area contributed by atoms with E-state index >= 15 is 0 Å². The Morgan fingerprint density at radius 3 is 2.75 bits per heavy atom. The Morgan fingerprint density at radius 2 is 2.07 bits per heavy atom. The van der Waals surface area contributed by atoms with Crippen LogP contribution in [-0.2, 0) is 14.3 Å². The number of rotatable bonds is 4. The molecule has 6 nitrogen and oxygen atoms in total. The van der Waals surface area contributed by atoms with Gasteiger partial charge < -0.3 is 9.64 Å². The van der Waals surface area contributed by atoms with Gasteiger partial charge in [0.1, 0.15) is 6.54 Å². The standard InChI is InChI=1S/C21H26N2O4S/c1-6-27-18(24)12-23-19(25)17(28-20(23)26)10-14-7-8-16-15(9-14)13(2)11-21(3,4)22(16)5/h7-10,13H,6,11-12H2,1-5H3/b17-10-. The molecule has 1 unspecified atom stereocenters. The number of hydrogen-bond acceptors (Lipinski definition) is 6. The summed E-state index contributed by atoms with van der Waals surface area (Å²) in [5.74, 6) is -0.639. The Kier molecular flexibility index (Phi) is 5.57. The largest absolute Gasteiger partial charge is 0.465 e. The summed E-state index contributed by atoms with van der Waals surface area (Å²) in [6.45, 7) is 8.23. The fraction of sp³-hybridized carbons (Fsp3) is 0.476. The second kappa shape index (κ2) is 7.62. The van der Waals surface area contributed by atoms with Gasteiger partial charge in [0.2, 0.25) is 0 Å². The average molecular weight is 403 g/mol. The maximum Gasteiger partial charge on any atom is 0.326 e. The number of ether oxygens (including phenoxy) is 1. The molecule has 1 aromatic carbocycles. The Balaban J connectivity index is 1.85. The molecular weight excluding hydrogens is 376 g/mol. The molecule has 0 radical (unpaired) electrons. The lowest BCUT2D eigenvalue weighted by atomic mass is 9.80. The van der Waals surface area contributed by atoms with Crippen molar-refractivity contribution in [2.24, 2.45) is 0 Å². The molecule has 2 aliphatic rings. The van der Waals surface area contributed by atoms with E-state index in [0.717, 1.165) is 28.6 Å². The van der Waals surface area contributed by atoms with Crippen molar-refractivity contribution in [2.75, 3.05) is 25.1 Å². The van der Waals surface area contributed by atoms with Gasteiger partial charge in [-0.2, -0.15) is 0 Å². The first-order valence-electron chi connectivity index (χ1n) is 9.43. The molecule has 1 atom stereocenters. The number of anilines is 1. The van der Waals surface area contributed by atoms with Gasteiger partial charge in [-0.3, -0.25) is 19.3 Å². The summed E-state index contributed by atoms with van der Waals surface area (Å²) in [6.07, 6.45) is 2.76. The molecule has 1 saturated heterocycles. The zero-order valence-corrected chi connectivity index (χ0v) is 17.8. The Morgan fingerprint density at radius 1 is 1.36 bits per heavy atom. The summed E-state index contributed by atoms with van der Waals surface area (Å²) in [6, 6.07) is 6.12. The predicted molar refractivity (Wildman–Crippen MR) is 111 cm³/mol. The number of nitrogens with zero attached hydrogens (tertiary/aromatic N) is 2. The highest BCUT2D eigenvalue weighted by Crippen LogP contribution is 2.43. The third-order valence-electron chi connectivity index (χ3n) is 5.42. The lowest BCUT2D eigenvalue weighted by molar-refractivity contribution is -0.145. The van der Waals surface area contributed by atoms with Crippen LogP contribution in [-0.4, -0.2) is 47.8 Å². The molecule has 28 heavy (non-hydrogen) atoms. The zero-order chi connectivity index (χ0) is 20.6. The molecule has 150 valence electrons. The molecule has 2 heterocycles. The molecule has 3 rings (SSSR count). The van der Waals surface area contributed by atoms with Crippen molar-refractivity contribution >= 4 is 40.6 Å². The topological polar surface area (TPSA) is 66.9 Å². The van der Waals surface area contributed by atoms with Crippen molar-refractivity contribution in [3.63, 3.8) is 0 Å². The summed E-state index contributed by atoms with van der Waals surface area (Å²) < 4.78 is 4.84. The minimum absolute atomic E-state index is 0.0870. The maximum absolute atomic E-state index is 12.6. The smallest absolute Gasteiger partial charge is 0.326 e. The Labute approximate surface area is 169 Å². The van der Waals surface area contributed by atoms with Crippen LogP contribution < -0.4 is 4.90 Å². The molecule has 2 amide bonds. The molecule has 0 saturated carbocycles. The summed E-state index contributed by atoms with van der Waals surface area (Å²) >= 11 is 0.856. The SMILES string of the molecule is CCOC(=O)CN1C(=O)S/C(=C\c2ccc3c(c2)C(C)CC(C)(C)N3C)C1=O. The van der Waals surface area contributed by atoms with Gasteiger partial charge in [0.05, 0.1) is 11.5 Å². The van der Waals surface area contributed by atoms with Crippen molar-refractivity contribution in [3.8, 4) is 0 Å². The third kappa shape index (κ3) is 3.81. The van der Waals surface area contributed by atoms with Gasteiger partial charge >= 0.3 is 5.97 Å². The van der Waals surface area contributed by atoms with Crippen LogP contribution in [0.4, 0.5) is 10.5 Å². The first-order chi connectivity index (χ1) is 13.1. The number of fused-ring (bicyclic) bond motifs is 1. The van der Waals surface area contributed by atoms with E-state index in [1.165, 1.54) is 11.3 Å². The monoisotopic (exact) mass is 402 g/mol. The number of imide groups is 1. The molecule has 0 bridgehead atoms. The van der Waals surface area contributed by atoms with E-state index in [2.05, 4.69) is 44.9 Å². The normalized spacial score (nSPS) is 22.6. The highest BCUT2D eigenvalue weighted by molar-refractivity contribution is 8.18. The lowest BCUT2D eigenvalue weighted by Crippen LogP contribution is -2.45. The fourth-order valence-corrected chi connectivity index (χ4v) is 4.65. The van der Waals surface area contributed by atoms with E-state index in [4.69, 9.17) is 4.74 Å². The van der Waals surface area contributed by atoms with Crippen molar-refractivity contribution < 1.29 is 19.1 Å². The Hall–Kier alpha value is -2.28. The van der Waals surface area contributed by atoms with E-state index in [9.17, 15) is 14.4 Å². The van der Waals surface area contributed by atoms with Crippen LogP contribution in [0.25, 0.3) is 6.08 Å². The van der Waals surface area contributed by atoms with E-state index in [1.54, 1.807) is 13.0 Å². The van der Waals surface area contributed by atoms with Crippen LogP contribution in [0.2, 0.25) is 0 Å². The van der Waals surface area contributed by atoms with Crippen LogP contribution in [0.15, 0.2) is 23.1 Å².